The molecule has 0 saturated carbocycles. The Labute approximate surface area is 159 Å². The van der Waals surface area contributed by atoms with Crippen LogP contribution >= 0.6 is 0 Å². The first-order chi connectivity index (χ1) is 13.4. The molecule has 0 aliphatic heterocycles. The van der Waals surface area contributed by atoms with E-state index in [0.29, 0.717) is 22.9 Å². The van der Waals surface area contributed by atoms with Crippen molar-refractivity contribution in [2.24, 2.45) is 0 Å². The van der Waals surface area contributed by atoms with E-state index in [1.54, 1.807) is 55.6 Å². The third-order valence-corrected chi connectivity index (χ3v) is 3.87. The van der Waals surface area contributed by atoms with Gasteiger partial charge in [-0.1, -0.05) is 18.2 Å². The molecule has 0 aliphatic carbocycles. The number of methoxy groups -OCH3 is 1. The van der Waals surface area contributed by atoms with Crippen LogP contribution < -0.4 is 14.8 Å². The number of hydrogen-bond acceptors (Lipinski definition) is 3. The minimum Gasteiger partial charge on any atom is -0.497 e. The van der Waals surface area contributed by atoms with Crippen molar-refractivity contribution in [2.45, 2.75) is 6.18 Å². The molecule has 3 aromatic carbocycles. The quantitative estimate of drug-likeness (QED) is 0.606. The van der Waals surface area contributed by atoms with Crippen LogP contribution in [0.25, 0.3) is 0 Å². The summed E-state index contributed by atoms with van der Waals surface area (Å²) in [6, 6.07) is 18.0. The molecular formula is C21H16F3NO3. The summed E-state index contributed by atoms with van der Waals surface area (Å²) in [5, 5.41) is 2.47. The second kappa shape index (κ2) is 8.04. The Morgan fingerprint density at radius 3 is 2.21 bits per heavy atom. The van der Waals surface area contributed by atoms with Crippen LogP contribution in [0.4, 0.5) is 18.9 Å². The van der Waals surface area contributed by atoms with Crippen molar-refractivity contribution in [1.29, 1.82) is 0 Å². The number of amides is 1. The molecule has 0 atom stereocenters. The monoisotopic (exact) mass is 387 g/mol. The number of nitrogens with one attached hydrogen (secondary N) is 1. The Morgan fingerprint density at radius 1 is 0.857 bits per heavy atom. The van der Waals surface area contributed by atoms with E-state index in [1.165, 1.54) is 12.1 Å². The number of alkyl halides is 3. The van der Waals surface area contributed by atoms with E-state index in [9.17, 15) is 18.0 Å². The first kappa shape index (κ1) is 19.3. The zero-order chi connectivity index (χ0) is 20.1. The third kappa shape index (κ3) is 4.62. The van der Waals surface area contributed by atoms with Crippen LogP contribution in [0, 0.1) is 0 Å². The maximum absolute atomic E-state index is 13.1. The molecule has 7 heteroatoms. The molecule has 144 valence electrons. The van der Waals surface area contributed by atoms with E-state index in [1.807, 2.05) is 0 Å². The minimum absolute atomic E-state index is 0.347. The number of halogens is 3. The molecule has 0 aliphatic rings. The van der Waals surface area contributed by atoms with Gasteiger partial charge in [-0.3, -0.25) is 4.79 Å². The fourth-order valence-corrected chi connectivity index (χ4v) is 2.53. The fraction of sp³-hybridized carbons (Fsp3) is 0.0952. The summed E-state index contributed by atoms with van der Waals surface area (Å²) in [5.74, 6) is 0.872. The molecule has 1 amide bonds. The summed E-state index contributed by atoms with van der Waals surface area (Å²) in [4.78, 5) is 12.3. The van der Waals surface area contributed by atoms with Crippen molar-refractivity contribution in [3.05, 3.63) is 83.9 Å². The molecule has 3 aromatic rings. The lowest BCUT2D eigenvalue weighted by Gasteiger charge is -2.13. The van der Waals surface area contributed by atoms with Gasteiger partial charge >= 0.3 is 6.18 Å². The van der Waals surface area contributed by atoms with Crippen molar-refractivity contribution in [3.8, 4) is 17.2 Å². The van der Waals surface area contributed by atoms with Gasteiger partial charge in [0.25, 0.3) is 5.91 Å². The molecule has 0 spiro atoms. The zero-order valence-corrected chi connectivity index (χ0v) is 14.8. The summed E-state index contributed by atoms with van der Waals surface area (Å²) >= 11 is 0. The van der Waals surface area contributed by atoms with Crippen LogP contribution in [0.1, 0.15) is 15.9 Å². The number of benzene rings is 3. The maximum atomic E-state index is 13.1. The van der Waals surface area contributed by atoms with Crippen molar-refractivity contribution in [2.75, 3.05) is 12.4 Å². The van der Waals surface area contributed by atoms with Crippen molar-refractivity contribution < 1.29 is 27.4 Å². The standard InChI is InChI=1S/C21H16F3NO3/c1-27-16-5-4-6-17(13-16)28-15-11-9-14(10-12-15)25-20(26)18-7-2-3-8-19(18)21(22,23)24/h2-13H,1H3,(H,25,26). The molecule has 0 bridgehead atoms. The summed E-state index contributed by atoms with van der Waals surface area (Å²) < 4.78 is 50.0. The molecule has 28 heavy (non-hydrogen) atoms. The first-order valence-electron chi connectivity index (χ1n) is 8.26. The van der Waals surface area contributed by atoms with Crippen molar-refractivity contribution in [1.82, 2.24) is 0 Å². The van der Waals surface area contributed by atoms with Gasteiger partial charge in [0.2, 0.25) is 0 Å². The normalized spacial score (nSPS) is 11.0. The van der Waals surface area contributed by atoms with Crippen LogP contribution in [0.2, 0.25) is 0 Å². The molecule has 0 unspecified atom stereocenters. The predicted molar refractivity (Wildman–Crippen MR) is 98.9 cm³/mol. The highest BCUT2D eigenvalue weighted by atomic mass is 19.4. The molecule has 0 aromatic heterocycles. The molecule has 0 saturated heterocycles. The van der Waals surface area contributed by atoms with E-state index < -0.39 is 23.2 Å². The Hall–Kier alpha value is -3.48. The Balaban J connectivity index is 1.72. The Kier molecular flexibility index (Phi) is 5.54. The van der Waals surface area contributed by atoms with Gasteiger partial charge in [-0.15, -0.1) is 0 Å². The SMILES string of the molecule is COc1cccc(Oc2ccc(NC(=O)c3ccccc3C(F)(F)F)cc2)c1. The van der Waals surface area contributed by atoms with E-state index in [-0.39, 0.29) is 0 Å². The molecular weight excluding hydrogens is 371 g/mol. The maximum Gasteiger partial charge on any atom is 0.417 e. The van der Waals surface area contributed by atoms with E-state index in [0.717, 1.165) is 12.1 Å². The molecule has 0 heterocycles. The second-order valence-electron chi connectivity index (χ2n) is 5.80. The van der Waals surface area contributed by atoms with Gasteiger partial charge in [0.1, 0.15) is 17.2 Å². The first-order valence-corrected chi connectivity index (χ1v) is 8.26. The Bertz CT molecular complexity index is 969. The van der Waals surface area contributed by atoms with Gasteiger partial charge in [0.15, 0.2) is 0 Å². The fourth-order valence-electron chi connectivity index (χ4n) is 2.53. The van der Waals surface area contributed by atoms with Crippen molar-refractivity contribution in [3.63, 3.8) is 0 Å². The lowest BCUT2D eigenvalue weighted by Crippen LogP contribution is -2.18. The number of hydrogen-bond donors (Lipinski definition) is 1. The van der Waals surface area contributed by atoms with Crippen molar-refractivity contribution >= 4 is 11.6 Å². The van der Waals surface area contributed by atoms with Crippen LogP contribution in [-0.4, -0.2) is 13.0 Å². The highest BCUT2D eigenvalue weighted by molar-refractivity contribution is 6.05. The summed E-state index contributed by atoms with van der Waals surface area (Å²) in [6.45, 7) is 0. The number of carbonyl (C=O) groups excluding carboxylic acids is 1. The highest BCUT2D eigenvalue weighted by Crippen LogP contribution is 2.32. The lowest BCUT2D eigenvalue weighted by molar-refractivity contribution is -0.137. The van der Waals surface area contributed by atoms with Gasteiger partial charge in [-0.25, -0.2) is 0 Å². The molecule has 4 nitrogen and oxygen atoms in total. The topological polar surface area (TPSA) is 47.6 Å². The van der Waals surface area contributed by atoms with Crippen LogP contribution in [0.15, 0.2) is 72.8 Å². The van der Waals surface area contributed by atoms with Crippen LogP contribution in [-0.2, 0) is 6.18 Å². The Morgan fingerprint density at radius 2 is 1.54 bits per heavy atom. The number of rotatable bonds is 5. The lowest BCUT2D eigenvalue weighted by atomic mass is 10.1. The third-order valence-electron chi connectivity index (χ3n) is 3.87. The van der Waals surface area contributed by atoms with Gasteiger partial charge in [-0.2, -0.15) is 13.2 Å². The number of carbonyl (C=O) groups is 1. The molecule has 0 fully saturated rings. The molecule has 3 rings (SSSR count). The largest absolute Gasteiger partial charge is 0.497 e. The van der Waals surface area contributed by atoms with Gasteiger partial charge in [0, 0.05) is 11.8 Å². The van der Waals surface area contributed by atoms with E-state index in [2.05, 4.69) is 5.32 Å². The number of ether oxygens (including phenoxy) is 2. The average molecular weight is 387 g/mol. The van der Waals surface area contributed by atoms with Gasteiger partial charge in [0.05, 0.1) is 18.2 Å². The highest BCUT2D eigenvalue weighted by Gasteiger charge is 2.34. The average Bonchev–Trinajstić information content (AvgIpc) is 2.69. The summed E-state index contributed by atoms with van der Waals surface area (Å²) in [6.07, 6.45) is -4.61. The summed E-state index contributed by atoms with van der Waals surface area (Å²) in [7, 11) is 1.55. The minimum atomic E-state index is -4.61. The zero-order valence-electron chi connectivity index (χ0n) is 14.8. The van der Waals surface area contributed by atoms with Gasteiger partial charge in [-0.05, 0) is 48.5 Å². The smallest absolute Gasteiger partial charge is 0.417 e. The summed E-state index contributed by atoms with van der Waals surface area (Å²) in [5.41, 5.74) is -1.07. The predicted octanol–water partition coefficient (Wildman–Crippen LogP) is 5.76. The second-order valence-corrected chi connectivity index (χ2v) is 5.80. The molecule has 1 N–H and O–H groups in total. The number of anilines is 1. The van der Waals surface area contributed by atoms with E-state index >= 15 is 0 Å². The van der Waals surface area contributed by atoms with Crippen LogP contribution in [0.3, 0.4) is 0 Å². The van der Waals surface area contributed by atoms with Crippen LogP contribution in [0.5, 0.6) is 17.2 Å². The van der Waals surface area contributed by atoms with E-state index in [4.69, 9.17) is 9.47 Å². The molecule has 0 radical (unpaired) electrons. The van der Waals surface area contributed by atoms with Gasteiger partial charge < -0.3 is 14.8 Å².